The molecular weight excluding hydrogens is 212 g/mol. The Morgan fingerprint density at radius 3 is 2.71 bits per heavy atom. The van der Waals surface area contributed by atoms with Gasteiger partial charge < -0.3 is 10.6 Å². The quantitative estimate of drug-likeness (QED) is 0.822. The first-order valence-corrected chi connectivity index (χ1v) is 6.44. The molecule has 0 aliphatic heterocycles. The first-order valence-electron chi connectivity index (χ1n) is 6.44. The van der Waals surface area contributed by atoms with Crippen LogP contribution in [-0.2, 0) is 0 Å². The van der Waals surface area contributed by atoms with E-state index in [-0.39, 0.29) is 0 Å². The van der Waals surface area contributed by atoms with Crippen molar-refractivity contribution in [1.29, 1.82) is 0 Å². The minimum atomic E-state index is 0.468. The second kappa shape index (κ2) is 4.90. The van der Waals surface area contributed by atoms with E-state index in [1.807, 2.05) is 20.0 Å². The van der Waals surface area contributed by atoms with Crippen LogP contribution in [0.1, 0.15) is 38.7 Å². The summed E-state index contributed by atoms with van der Waals surface area (Å²) >= 11 is 0. The van der Waals surface area contributed by atoms with Crippen molar-refractivity contribution >= 4 is 11.8 Å². The van der Waals surface area contributed by atoms with Gasteiger partial charge in [-0.25, -0.2) is 4.98 Å². The summed E-state index contributed by atoms with van der Waals surface area (Å²) in [6.45, 7) is 8.29. The Kier molecular flexibility index (Phi) is 3.50. The lowest BCUT2D eigenvalue weighted by molar-refractivity contribution is 0.180. The van der Waals surface area contributed by atoms with Crippen LogP contribution in [-0.4, -0.2) is 23.1 Å². The minimum Gasteiger partial charge on any atom is -0.369 e. The maximum absolute atomic E-state index is 4.49. The van der Waals surface area contributed by atoms with E-state index < -0.39 is 0 Å². The normalized spacial score (nSPS) is 17.4. The minimum absolute atomic E-state index is 0.468. The van der Waals surface area contributed by atoms with Gasteiger partial charge in [0, 0.05) is 24.8 Å². The van der Waals surface area contributed by atoms with E-state index in [4.69, 9.17) is 0 Å². The predicted molar refractivity (Wildman–Crippen MR) is 71.4 cm³/mol. The molecule has 1 heterocycles. The molecule has 0 radical (unpaired) electrons. The van der Waals surface area contributed by atoms with E-state index in [0.717, 1.165) is 24.5 Å². The number of aromatic nitrogens is 2. The molecule has 4 nitrogen and oxygen atoms in total. The zero-order valence-corrected chi connectivity index (χ0v) is 11.0. The number of nitrogens with zero attached hydrogens (tertiary/aromatic N) is 2. The predicted octanol–water partition coefficient (Wildman–Crippen LogP) is 2.82. The maximum Gasteiger partial charge on any atom is 0.224 e. The van der Waals surface area contributed by atoms with Gasteiger partial charge in [0.1, 0.15) is 5.82 Å². The SMILES string of the molecule is CCNc1ncc(C)c(NCC2(C)CCC2)n1. The van der Waals surface area contributed by atoms with Crippen LogP contribution >= 0.6 is 0 Å². The van der Waals surface area contributed by atoms with E-state index >= 15 is 0 Å². The zero-order chi connectivity index (χ0) is 12.3. The molecule has 0 bridgehead atoms. The molecule has 0 aromatic carbocycles. The Hall–Kier alpha value is -1.32. The van der Waals surface area contributed by atoms with E-state index in [0.29, 0.717) is 11.4 Å². The number of anilines is 2. The molecule has 1 aliphatic carbocycles. The van der Waals surface area contributed by atoms with Gasteiger partial charge >= 0.3 is 0 Å². The van der Waals surface area contributed by atoms with Crippen LogP contribution in [0.3, 0.4) is 0 Å². The lowest BCUT2D eigenvalue weighted by Gasteiger charge is -2.38. The van der Waals surface area contributed by atoms with Gasteiger partial charge in [0.05, 0.1) is 0 Å². The average Bonchev–Trinajstić information content (AvgIpc) is 2.28. The van der Waals surface area contributed by atoms with E-state index in [2.05, 4.69) is 27.5 Å². The summed E-state index contributed by atoms with van der Waals surface area (Å²) < 4.78 is 0. The zero-order valence-electron chi connectivity index (χ0n) is 11.0. The van der Waals surface area contributed by atoms with Crippen LogP contribution in [0.2, 0.25) is 0 Å². The topological polar surface area (TPSA) is 49.8 Å². The highest BCUT2D eigenvalue weighted by Crippen LogP contribution is 2.40. The third-order valence-corrected chi connectivity index (χ3v) is 3.55. The molecular formula is C13H22N4. The summed E-state index contributed by atoms with van der Waals surface area (Å²) in [4.78, 5) is 8.74. The molecule has 17 heavy (non-hydrogen) atoms. The van der Waals surface area contributed by atoms with Crippen molar-refractivity contribution in [3.63, 3.8) is 0 Å². The van der Waals surface area contributed by atoms with Gasteiger partial charge in [0.25, 0.3) is 0 Å². The number of hydrogen-bond donors (Lipinski definition) is 2. The van der Waals surface area contributed by atoms with Gasteiger partial charge in [-0.2, -0.15) is 4.98 Å². The Balaban J connectivity index is 2.00. The van der Waals surface area contributed by atoms with E-state index in [1.54, 1.807) is 0 Å². The van der Waals surface area contributed by atoms with Gasteiger partial charge in [-0.05, 0) is 32.1 Å². The first kappa shape index (κ1) is 12.1. The maximum atomic E-state index is 4.49. The molecule has 0 atom stereocenters. The van der Waals surface area contributed by atoms with Crippen molar-refractivity contribution in [2.45, 2.75) is 40.0 Å². The van der Waals surface area contributed by atoms with Gasteiger partial charge in [-0.15, -0.1) is 0 Å². The van der Waals surface area contributed by atoms with Crippen LogP contribution < -0.4 is 10.6 Å². The first-order chi connectivity index (χ1) is 8.13. The van der Waals surface area contributed by atoms with Crippen LogP contribution in [0.4, 0.5) is 11.8 Å². The molecule has 2 N–H and O–H groups in total. The van der Waals surface area contributed by atoms with Crippen LogP contribution in [0.25, 0.3) is 0 Å². The lowest BCUT2D eigenvalue weighted by atomic mass is 9.70. The van der Waals surface area contributed by atoms with Crippen LogP contribution in [0.15, 0.2) is 6.20 Å². The number of rotatable bonds is 5. The Morgan fingerprint density at radius 1 is 1.35 bits per heavy atom. The second-order valence-electron chi connectivity index (χ2n) is 5.27. The monoisotopic (exact) mass is 234 g/mol. The molecule has 4 heteroatoms. The molecule has 0 saturated heterocycles. The van der Waals surface area contributed by atoms with Crippen LogP contribution in [0.5, 0.6) is 0 Å². The van der Waals surface area contributed by atoms with Crippen molar-refractivity contribution in [2.24, 2.45) is 5.41 Å². The summed E-state index contributed by atoms with van der Waals surface area (Å²) in [7, 11) is 0. The summed E-state index contributed by atoms with van der Waals surface area (Å²) in [5.41, 5.74) is 1.57. The van der Waals surface area contributed by atoms with Crippen molar-refractivity contribution < 1.29 is 0 Å². The number of hydrogen-bond acceptors (Lipinski definition) is 4. The lowest BCUT2D eigenvalue weighted by Crippen LogP contribution is -2.33. The van der Waals surface area contributed by atoms with Crippen molar-refractivity contribution in [3.05, 3.63) is 11.8 Å². The third kappa shape index (κ3) is 2.87. The molecule has 0 spiro atoms. The fourth-order valence-electron chi connectivity index (χ4n) is 2.12. The molecule has 1 aliphatic rings. The largest absolute Gasteiger partial charge is 0.369 e. The summed E-state index contributed by atoms with van der Waals surface area (Å²) in [5, 5.41) is 6.60. The van der Waals surface area contributed by atoms with Crippen molar-refractivity contribution in [1.82, 2.24) is 9.97 Å². The van der Waals surface area contributed by atoms with Gasteiger partial charge in [-0.3, -0.25) is 0 Å². The molecule has 94 valence electrons. The second-order valence-corrected chi connectivity index (χ2v) is 5.27. The number of aryl methyl sites for hydroxylation is 1. The molecule has 1 saturated carbocycles. The van der Waals surface area contributed by atoms with E-state index in [1.165, 1.54) is 19.3 Å². The summed E-state index contributed by atoms with van der Waals surface area (Å²) in [6.07, 6.45) is 5.88. The highest BCUT2D eigenvalue weighted by Gasteiger charge is 2.31. The molecule has 0 amide bonds. The fraction of sp³-hybridized carbons (Fsp3) is 0.692. The Labute approximate surface area is 103 Å². The Morgan fingerprint density at radius 2 is 2.12 bits per heavy atom. The van der Waals surface area contributed by atoms with Gasteiger partial charge in [0.15, 0.2) is 0 Å². The van der Waals surface area contributed by atoms with Gasteiger partial charge in [0.2, 0.25) is 5.95 Å². The highest BCUT2D eigenvalue weighted by atomic mass is 15.1. The molecule has 2 rings (SSSR count). The number of nitrogens with one attached hydrogen (secondary N) is 2. The summed E-state index contributed by atoms with van der Waals surface area (Å²) in [6, 6.07) is 0. The standard InChI is InChI=1S/C13H22N4/c1-4-14-12-15-8-10(2)11(17-12)16-9-13(3)6-5-7-13/h8H,4-7,9H2,1-3H3,(H2,14,15,16,17). The molecule has 0 unspecified atom stereocenters. The van der Waals surface area contributed by atoms with Crippen LogP contribution in [0, 0.1) is 12.3 Å². The van der Waals surface area contributed by atoms with Crippen molar-refractivity contribution in [2.75, 3.05) is 23.7 Å². The molecule has 1 aromatic rings. The third-order valence-electron chi connectivity index (χ3n) is 3.55. The Bertz CT molecular complexity index is 385. The summed E-state index contributed by atoms with van der Waals surface area (Å²) in [5.74, 6) is 1.67. The molecule has 1 fully saturated rings. The fourth-order valence-corrected chi connectivity index (χ4v) is 2.12. The van der Waals surface area contributed by atoms with E-state index in [9.17, 15) is 0 Å². The molecule has 1 aromatic heterocycles. The smallest absolute Gasteiger partial charge is 0.224 e. The van der Waals surface area contributed by atoms with Gasteiger partial charge in [-0.1, -0.05) is 13.3 Å². The average molecular weight is 234 g/mol. The highest BCUT2D eigenvalue weighted by molar-refractivity contribution is 5.46. The van der Waals surface area contributed by atoms with Crippen molar-refractivity contribution in [3.8, 4) is 0 Å².